The largest absolute Gasteiger partial charge is 0.473 e. The summed E-state index contributed by atoms with van der Waals surface area (Å²) in [5.74, 6) is 1.16. The van der Waals surface area contributed by atoms with Crippen molar-refractivity contribution in [2.24, 2.45) is 11.8 Å². The van der Waals surface area contributed by atoms with Crippen molar-refractivity contribution in [1.29, 1.82) is 0 Å². The first-order chi connectivity index (χ1) is 8.99. The van der Waals surface area contributed by atoms with E-state index in [-0.39, 0.29) is 18.7 Å². The van der Waals surface area contributed by atoms with Crippen LogP contribution in [-0.2, 0) is 14.2 Å². The minimum Gasteiger partial charge on any atom is -0.473 e. The molecule has 110 valence electrons. The average Bonchev–Trinajstić information content (AvgIpc) is 2.38. The van der Waals surface area contributed by atoms with Gasteiger partial charge in [0.2, 0.25) is 6.29 Å². The second-order valence-corrected chi connectivity index (χ2v) is 5.42. The zero-order valence-corrected chi connectivity index (χ0v) is 12.9. The minimum atomic E-state index is -0.286. The van der Waals surface area contributed by atoms with Crippen LogP contribution in [0.2, 0.25) is 0 Å². The molecule has 1 rings (SSSR count). The highest BCUT2D eigenvalue weighted by Crippen LogP contribution is 2.32. The molecule has 5 atom stereocenters. The molecule has 0 aliphatic heterocycles. The Hall–Kier alpha value is -0.800. The van der Waals surface area contributed by atoms with Gasteiger partial charge in [-0.15, -0.1) is 0 Å². The Morgan fingerprint density at radius 1 is 1.47 bits per heavy atom. The fourth-order valence-electron chi connectivity index (χ4n) is 2.43. The first kappa shape index (κ1) is 16.3. The van der Waals surface area contributed by atoms with Crippen molar-refractivity contribution >= 4 is 0 Å². The van der Waals surface area contributed by atoms with E-state index in [0.717, 1.165) is 12.8 Å². The van der Waals surface area contributed by atoms with Gasteiger partial charge >= 0.3 is 0 Å². The summed E-state index contributed by atoms with van der Waals surface area (Å²) in [6.07, 6.45) is 5.17. The van der Waals surface area contributed by atoms with Crippen LogP contribution in [0.15, 0.2) is 24.5 Å². The van der Waals surface area contributed by atoms with Gasteiger partial charge in [0.15, 0.2) is 6.29 Å². The van der Waals surface area contributed by atoms with Crippen molar-refractivity contribution < 1.29 is 14.2 Å². The molecule has 0 fully saturated rings. The lowest BCUT2D eigenvalue weighted by molar-refractivity contribution is -0.240. The number of hydrogen-bond donors (Lipinski definition) is 0. The number of ether oxygens (including phenoxy) is 3. The van der Waals surface area contributed by atoms with Crippen LogP contribution < -0.4 is 0 Å². The van der Waals surface area contributed by atoms with Crippen LogP contribution in [0.25, 0.3) is 0 Å². The Bertz CT molecular complexity index is 311. The van der Waals surface area contributed by atoms with E-state index in [1.165, 1.54) is 11.8 Å². The Morgan fingerprint density at radius 3 is 2.74 bits per heavy atom. The van der Waals surface area contributed by atoms with Crippen LogP contribution in [0.5, 0.6) is 0 Å². The van der Waals surface area contributed by atoms with E-state index < -0.39 is 0 Å². The average molecular weight is 268 g/mol. The highest BCUT2D eigenvalue weighted by Gasteiger charge is 2.30. The summed E-state index contributed by atoms with van der Waals surface area (Å²) in [4.78, 5) is 0. The van der Waals surface area contributed by atoms with Gasteiger partial charge in [0, 0.05) is 6.42 Å². The Balaban J connectivity index is 2.55. The first-order valence-corrected chi connectivity index (χ1v) is 7.23. The zero-order chi connectivity index (χ0) is 14.4. The lowest BCUT2D eigenvalue weighted by Crippen LogP contribution is -2.36. The standard InChI is InChI=1S/C16H28O3/c1-7-15(17-8-2)18-14(6)19-16-12(4)10-9-11(3)13(16)5/h8,10-11,13-16H,2,7,9H2,1,3-6H3. The molecule has 1 aliphatic carbocycles. The van der Waals surface area contributed by atoms with E-state index in [1.807, 2.05) is 13.8 Å². The number of hydrogen-bond acceptors (Lipinski definition) is 3. The van der Waals surface area contributed by atoms with Gasteiger partial charge in [-0.3, -0.25) is 0 Å². The van der Waals surface area contributed by atoms with Crippen LogP contribution in [0.4, 0.5) is 0 Å². The molecule has 0 N–H and O–H groups in total. The van der Waals surface area contributed by atoms with Crippen molar-refractivity contribution in [2.45, 2.75) is 66.1 Å². The predicted octanol–water partition coefficient (Wildman–Crippen LogP) is 4.25. The highest BCUT2D eigenvalue weighted by atomic mass is 16.8. The van der Waals surface area contributed by atoms with Crippen molar-refractivity contribution in [1.82, 2.24) is 0 Å². The van der Waals surface area contributed by atoms with Gasteiger partial charge < -0.3 is 14.2 Å². The van der Waals surface area contributed by atoms with Crippen molar-refractivity contribution in [3.05, 3.63) is 24.5 Å². The summed E-state index contributed by atoms with van der Waals surface area (Å²) >= 11 is 0. The summed E-state index contributed by atoms with van der Waals surface area (Å²) in [6.45, 7) is 14.1. The molecule has 0 aromatic carbocycles. The SMILES string of the molecule is C=COC(CC)OC(C)OC1C(C)=CCC(C)C1C. The van der Waals surface area contributed by atoms with Crippen LogP contribution in [0.1, 0.15) is 47.5 Å². The Kier molecular flexibility index (Phi) is 6.59. The molecule has 0 saturated heterocycles. The topological polar surface area (TPSA) is 27.7 Å². The van der Waals surface area contributed by atoms with E-state index in [0.29, 0.717) is 11.8 Å². The molecular weight excluding hydrogens is 240 g/mol. The summed E-state index contributed by atoms with van der Waals surface area (Å²) in [5.41, 5.74) is 1.30. The second-order valence-electron chi connectivity index (χ2n) is 5.42. The van der Waals surface area contributed by atoms with E-state index in [9.17, 15) is 0 Å². The maximum atomic E-state index is 6.06. The molecule has 3 heteroatoms. The van der Waals surface area contributed by atoms with E-state index in [1.54, 1.807) is 0 Å². The third-order valence-corrected chi connectivity index (χ3v) is 3.90. The normalized spacial score (nSPS) is 30.4. The van der Waals surface area contributed by atoms with Crippen LogP contribution in [0.3, 0.4) is 0 Å². The fraction of sp³-hybridized carbons (Fsp3) is 0.750. The fourth-order valence-corrected chi connectivity index (χ4v) is 2.43. The van der Waals surface area contributed by atoms with Gasteiger partial charge in [-0.25, -0.2) is 0 Å². The molecule has 0 heterocycles. The molecule has 0 radical (unpaired) electrons. The maximum absolute atomic E-state index is 6.06. The lowest BCUT2D eigenvalue weighted by Gasteiger charge is -2.35. The van der Waals surface area contributed by atoms with Crippen LogP contribution >= 0.6 is 0 Å². The van der Waals surface area contributed by atoms with E-state index in [2.05, 4.69) is 33.4 Å². The highest BCUT2D eigenvalue weighted by molar-refractivity contribution is 5.11. The summed E-state index contributed by atoms with van der Waals surface area (Å²) in [6, 6.07) is 0. The van der Waals surface area contributed by atoms with Crippen LogP contribution in [-0.4, -0.2) is 18.7 Å². The Morgan fingerprint density at radius 2 is 2.16 bits per heavy atom. The van der Waals surface area contributed by atoms with E-state index >= 15 is 0 Å². The molecule has 5 unspecified atom stereocenters. The summed E-state index contributed by atoms with van der Waals surface area (Å²) in [5, 5.41) is 0. The van der Waals surface area contributed by atoms with Gasteiger partial charge in [0.25, 0.3) is 0 Å². The predicted molar refractivity (Wildman–Crippen MR) is 77.5 cm³/mol. The molecule has 3 nitrogen and oxygen atoms in total. The van der Waals surface area contributed by atoms with Gasteiger partial charge in [0.1, 0.15) is 0 Å². The number of allylic oxidation sites excluding steroid dienone is 1. The Labute approximate surface area is 117 Å². The van der Waals surface area contributed by atoms with Crippen LogP contribution in [0, 0.1) is 11.8 Å². The van der Waals surface area contributed by atoms with Crippen molar-refractivity contribution in [3.8, 4) is 0 Å². The van der Waals surface area contributed by atoms with Gasteiger partial charge in [-0.05, 0) is 37.7 Å². The van der Waals surface area contributed by atoms with Crippen molar-refractivity contribution in [2.75, 3.05) is 0 Å². The first-order valence-electron chi connectivity index (χ1n) is 7.23. The molecule has 0 bridgehead atoms. The van der Waals surface area contributed by atoms with Gasteiger partial charge in [-0.2, -0.15) is 0 Å². The molecule has 1 aliphatic rings. The molecule has 0 amide bonds. The third-order valence-electron chi connectivity index (χ3n) is 3.90. The maximum Gasteiger partial charge on any atom is 0.201 e. The summed E-state index contributed by atoms with van der Waals surface area (Å²) in [7, 11) is 0. The lowest BCUT2D eigenvalue weighted by atomic mass is 9.80. The molecule has 0 spiro atoms. The monoisotopic (exact) mass is 268 g/mol. The van der Waals surface area contributed by atoms with Crippen molar-refractivity contribution in [3.63, 3.8) is 0 Å². The molecular formula is C16H28O3. The number of rotatable bonds is 7. The molecule has 0 saturated carbocycles. The quantitative estimate of drug-likeness (QED) is 0.392. The molecule has 0 aromatic rings. The molecule has 0 aromatic heterocycles. The molecule has 19 heavy (non-hydrogen) atoms. The summed E-state index contributed by atoms with van der Waals surface area (Å²) < 4.78 is 17.1. The van der Waals surface area contributed by atoms with E-state index in [4.69, 9.17) is 14.2 Å². The second kappa shape index (κ2) is 7.71. The van der Waals surface area contributed by atoms with Gasteiger partial charge in [0.05, 0.1) is 12.4 Å². The smallest absolute Gasteiger partial charge is 0.201 e. The minimum absolute atomic E-state index is 0.139. The zero-order valence-electron chi connectivity index (χ0n) is 12.9. The van der Waals surface area contributed by atoms with Gasteiger partial charge in [-0.1, -0.05) is 33.4 Å². The third kappa shape index (κ3) is 4.66.